The molecule has 8 nitrogen and oxygen atoms in total. The first-order valence-corrected chi connectivity index (χ1v) is 11.2. The van der Waals surface area contributed by atoms with Crippen LogP contribution in [0.3, 0.4) is 0 Å². The van der Waals surface area contributed by atoms with Crippen molar-refractivity contribution in [3.05, 3.63) is 59.2 Å². The van der Waals surface area contributed by atoms with Gasteiger partial charge in [-0.25, -0.2) is 4.79 Å². The molecule has 4 N–H and O–H groups in total. The van der Waals surface area contributed by atoms with Gasteiger partial charge in [0.2, 0.25) is 5.91 Å². The molecule has 0 aliphatic carbocycles. The summed E-state index contributed by atoms with van der Waals surface area (Å²) in [7, 11) is 0. The summed E-state index contributed by atoms with van der Waals surface area (Å²) in [6.45, 7) is 2.87. The van der Waals surface area contributed by atoms with Gasteiger partial charge in [0.05, 0.1) is 24.8 Å². The second-order valence-electron chi connectivity index (χ2n) is 9.36. The first kappa shape index (κ1) is 25.5. The van der Waals surface area contributed by atoms with E-state index >= 15 is 0 Å². The summed E-state index contributed by atoms with van der Waals surface area (Å²) in [5.41, 5.74) is 0.927. The van der Waals surface area contributed by atoms with Crippen LogP contribution in [0.1, 0.15) is 37.0 Å². The Morgan fingerprint density at radius 1 is 1.22 bits per heavy atom. The van der Waals surface area contributed by atoms with Crippen LogP contribution in [0.2, 0.25) is 0 Å². The Morgan fingerprint density at radius 3 is 2.61 bits per heavy atom. The highest BCUT2D eigenvalue weighted by molar-refractivity contribution is 6.05. The van der Waals surface area contributed by atoms with Crippen molar-refractivity contribution < 1.29 is 37.7 Å². The molecule has 0 aromatic heterocycles. The fraction of sp³-hybridized carbons (Fsp3) is 0.360. The lowest BCUT2D eigenvalue weighted by Crippen LogP contribution is -2.48. The van der Waals surface area contributed by atoms with Crippen LogP contribution in [0.5, 0.6) is 5.75 Å². The molecule has 11 heteroatoms. The van der Waals surface area contributed by atoms with E-state index in [9.17, 15) is 33.0 Å². The zero-order valence-electron chi connectivity index (χ0n) is 19.6. The van der Waals surface area contributed by atoms with Crippen LogP contribution in [-0.4, -0.2) is 51.9 Å². The van der Waals surface area contributed by atoms with Crippen LogP contribution < -0.4 is 15.4 Å². The molecule has 0 atom stereocenters. The van der Waals surface area contributed by atoms with Gasteiger partial charge in [-0.2, -0.15) is 13.2 Å². The Balaban J connectivity index is 1.55. The van der Waals surface area contributed by atoms with Crippen LogP contribution in [0.25, 0.3) is 5.57 Å². The maximum Gasteiger partial charge on any atom is 0.416 e. The van der Waals surface area contributed by atoms with Gasteiger partial charge < -0.3 is 30.5 Å². The predicted molar refractivity (Wildman–Crippen MR) is 126 cm³/mol. The summed E-state index contributed by atoms with van der Waals surface area (Å²) < 4.78 is 45.2. The van der Waals surface area contributed by atoms with Gasteiger partial charge >= 0.3 is 12.2 Å². The molecule has 0 unspecified atom stereocenters. The first-order chi connectivity index (χ1) is 16.9. The molecule has 3 amide bonds. The fourth-order valence-corrected chi connectivity index (χ4v) is 4.30. The summed E-state index contributed by atoms with van der Waals surface area (Å²) in [6, 6.07) is 6.93. The van der Waals surface area contributed by atoms with E-state index in [0.29, 0.717) is 28.9 Å². The number of aliphatic hydroxyl groups is 2. The average molecular weight is 505 g/mol. The molecule has 2 aromatic rings. The molecular weight excluding hydrogens is 479 g/mol. The lowest BCUT2D eigenvalue weighted by molar-refractivity contribution is -0.137. The van der Waals surface area contributed by atoms with Gasteiger partial charge in [-0.1, -0.05) is 12.1 Å². The minimum absolute atomic E-state index is 0.0604. The Kier molecular flexibility index (Phi) is 6.72. The molecule has 4 rings (SSSR count). The molecule has 36 heavy (non-hydrogen) atoms. The van der Waals surface area contributed by atoms with E-state index in [1.165, 1.54) is 17.0 Å². The minimum atomic E-state index is -4.52. The second-order valence-corrected chi connectivity index (χ2v) is 9.36. The van der Waals surface area contributed by atoms with Crippen LogP contribution in [0.15, 0.2) is 42.5 Å². The second kappa shape index (κ2) is 9.47. The standard InChI is InChI=1S/C25H26F3N3O5/c1-24(2)10-15(19-6-4-16(25(26,27)28)8-21(19)36-24)7-22(34)29-17-5-3-14-11-31(18(12-32)13-33)23(35)30-20(14)9-17/h3-9,18,32-33H,10-13H2,1-2H3,(H,29,34)(H,30,35). The van der Waals surface area contributed by atoms with Crippen LogP contribution in [0.4, 0.5) is 29.3 Å². The zero-order valence-corrected chi connectivity index (χ0v) is 19.6. The molecule has 0 saturated carbocycles. The Morgan fingerprint density at radius 2 is 1.94 bits per heavy atom. The average Bonchev–Trinajstić information content (AvgIpc) is 2.78. The van der Waals surface area contributed by atoms with E-state index in [1.54, 1.807) is 32.0 Å². The number of carbonyl (C=O) groups excluding carboxylic acids is 2. The van der Waals surface area contributed by atoms with E-state index in [4.69, 9.17) is 4.74 Å². The van der Waals surface area contributed by atoms with Crippen molar-refractivity contribution in [2.24, 2.45) is 0 Å². The third kappa shape index (κ3) is 5.31. The van der Waals surface area contributed by atoms with Crippen LogP contribution in [0, 0.1) is 0 Å². The first-order valence-electron chi connectivity index (χ1n) is 11.2. The third-order valence-corrected chi connectivity index (χ3v) is 6.05. The highest BCUT2D eigenvalue weighted by atomic mass is 19.4. The maximum absolute atomic E-state index is 13.2. The van der Waals surface area contributed by atoms with Gasteiger partial charge in [-0.05, 0) is 49.2 Å². The molecule has 0 fully saturated rings. The van der Waals surface area contributed by atoms with E-state index < -0.39 is 35.3 Å². The van der Waals surface area contributed by atoms with Crippen molar-refractivity contribution in [1.29, 1.82) is 0 Å². The summed E-state index contributed by atoms with van der Waals surface area (Å²) in [5.74, 6) is -0.428. The molecule has 2 aromatic carbocycles. The number of halogens is 3. The molecule has 2 aliphatic rings. The number of fused-ring (bicyclic) bond motifs is 2. The number of urea groups is 1. The number of hydrogen-bond acceptors (Lipinski definition) is 5. The van der Waals surface area contributed by atoms with E-state index in [2.05, 4.69) is 10.6 Å². The van der Waals surface area contributed by atoms with Gasteiger partial charge in [0.25, 0.3) is 0 Å². The number of nitrogens with one attached hydrogen (secondary N) is 2. The number of benzene rings is 2. The minimum Gasteiger partial charge on any atom is -0.487 e. The van der Waals surface area contributed by atoms with Gasteiger partial charge in [0.1, 0.15) is 11.4 Å². The largest absolute Gasteiger partial charge is 0.487 e. The van der Waals surface area contributed by atoms with Crippen LogP contribution in [-0.2, 0) is 17.5 Å². The van der Waals surface area contributed by atoms with E-state index in [0.717, 1.165) is 17.7 Å². The number of carbonyl (C=O) groups is 2. The quantitative estimate of drug-likeness (QED) is 0.460. The highest BCUT2D eigenvalue weighted by Crippen LogP contribution is 2.43. The molecule has 192 valence electrons. The Hall–Kier alpha value is -3.57. The number of amides is 3. The lowest BCUT2D eigenvalue weighted by Gasteiger charge is -2.34. The van der Waals surface area contributed by atoms with Crippen molar-refractivity contribution in [3.63, 3.8) is 0 Å². The number of nitrogens with zero attached hydrogens (tertiary/aromatic N) is 1. The fourth-order valence-electron chi connectivity index (χ4n) is 4.30. The van der Waals surface area contributed by atoms with Crippen molar-refractivity contribution >= 4 is 28.9 Å². The van der Waals surface area contributed by atoms with Crippen LogP contribution >= 0.6 is 0 Å². The van der Waals surface area contributed by atoms with E-state index in [-0.39, 0.29) is 25.5 Å². The molecule has 2 heterocycles. The molecule has 0 saturated heterocycles. The maximum atomic E-state index is 13.2. The Labute approximate surface area is 205 Å². The number of rotatable bonds is 5. The smallest absolute Gasteiger partial charge is 0.416 e. The summed E-state index contributed by atoms with van der Waals surface area (Å²) >= 11 is 0. The zero-order chi connectivity index (χ0) is 26.3. The summed E-state index contributed by atoms with van der Waals surface area (Å²) in [4.78, 5) is 26.5. The summed E-state index contributed by atoms with van der Waals surface area (Å²) in [6.07, 6.45) is -2.87. The number of aliphatic hydroxyl groups excluding tert-OH is 2. The topological polar surface area (TPSA) is 111 Å². The van der Waals surface area contributed by atoms with Crippen molar-refractivity contribution in [3.8, 4) is 5.75 Å². The number of hydrogen-bond donors (Lipinski definition) is 4. The van der Waals surface area contributed by atoms with E-state index in [1.807, 2.05) is 0 Å². The van der Waals surface area contributed by atoms with Crippen molar-refractivity contribution in [2.45, 2.75) is 44.6 Å². The molecule has 0 spiro atoms. The highest BCUT2D eigenvalue weighted by Gasteiger charge is 2.35. The molecular formula is C25H26F3N3O5. The normalized spacial score (nSPS) is 17.8. The predicted octanol–water partition coefficient (Wildman–Crippen LogP) is 3.99. The monoisotopic (exact) mass is 505 g/mol. The van der Waals surface area contributed by atoms with Crippen molar-refractivity contribution in [2.75, 3.05) is 23.8 Å². The summed E-state index contributed by atoms with van der Waals surface area (Å²) in [5, 5.41) is 24.2. The third-order valence-electron chi connectivity index (χ3n) is 6.05. The lowest BCUT2D eigenvalue weighted by atomic mass is 9.88. The number of anilines is 2. The van der Waals surface area contributed by atoms with Gasteiger partial charge in [-0.3, -0.25) is 4.79 Å². The van der Waals surface area contributed by atoms with Gasteiger partial charge in [-0.15, -0.1) is 0 Å². The van der Waals surface area contributed by atoms with Gasteiger partial charge in [0.15, 0.2) is 0 Å². The number of alkyl halides is 3. The Bertz CT molecular complexity index is 1220. The van der Waals surface area contributed by atoms with Crippen molar-refractivity contribution in [1.82, 2.24) is 4.90 Å². The van der Waals surface area contributed by atoms with Gasteiger partial charge in [0, 0.05) is 36.0 Å². The molecule has 2 aliphatic heterocycles. The molecule has 0 bridgehead atoms. The molecule has 0 radical (unpaired) electrons. The number of ether oxygens (including phenoxy) is 1. The SMILES string of the molecule is CC1(C)CC(=CC(=O)Nc2ccc3c(c2)NC(=O)N(C(CO)CO)C3)c2ccc(C(F)(F)F)cc2O1.